The SMILES string of the molecule is COc1ccc(F)c(-c2ccc(Cc3ccc(N4CC(C(F)(F)F)CC4CC(=O)O)cc3)c(C)c2)c1. The van der Waals surface area contributed by atoms with Crippen LogP contribution in [0.15, 0.2) is 60.7 Å². The fourth-order valence-electron chi connectivity index (χ4n) is 4.80. The fraction of sp³-hybridized carbons (Fsp3) is 0.321. The minimum absolute atomic E-state index is 0.225. The molecule has 0 aliphatic carbocycles. The highest BCUT2D eigenvalue weighted by molar-refractivity contribution is 5.69. The number of hydrogen-bond donors (Lipinski definition) is 1. The van der Waals surface area contributed by atoms with Crippen molar-refractivity contribution < 1.29 is 32.2 Å². The smallest absolute Gasteiger partial charge is 0.393 e. The first-order valence-corrected chi connectivity index (χ1v) is 11.6. The lowest BCUT2D eigenvalue weighted by molar-refractivity contribution is -0.169. The van der Waals surface area contributed by atoms with Crippen LogP contribution in [-0.2, 0) is 11.2 Å². The molecule has 3 aromatic carbocycles. The third kappa shape index (κ3) is 5.64. The number of carboxylic acid groups (broad SMARTS) is 1. The standard InChI is InChI=1S/C28H27F4NO3/c1-17-11-20(25-15-24(36-2)9-10-26(25)29)6-5-19(17)12-18-3-7-22(8-4-18)33-16-21(28(30,31)32)13-23(33)14-27(34)35/h3-11,15,21,23H,12-14,16H2,1-2H3,(H,34,35). The van der Waals surface area contributed by atoms with Gasteiger partial charge in [-0.15, -0.1) is 0 Å². The molecular formula is C28H27F4NO3. The topological polar surface area (TPSA) is 49.8 Å². The monoisotopic (exact) mass is 501 g/mol. The molecule has 36 heavy (non-hydrogen) atoms. The summed E-state index contributed by atoms with van der Waals surface area (Å²) in [5, 5.41) is 9.16. The Balaban J connectivity index is 1.51. The summed E-state index contributed by atoms with van der Waals surface area (Å²) in [7, 11) is 1.53. The second-order valence-corrected chi connectivity index (χ2v) is 9.21. The van der Waals surface area contributed by atoms with Gasteiger partial charge in [0.15, 0.2) is 0 Å². The number of carbonyl (C=O) groups is 1. The van der Waals surface area contributed by atoms with Gasteiger partial charge in [-0.25, -0.2) is 4.39 Å². The first kappa shape index (κ1) is 25.5. The van der Waals surface area contributed by atoms with Gasteiger partial charge in [-0.1, -0.05) is 30.3 Å². The minimum Gasteiger partial charge on any atom is -0.497 e. The number of hydrogen-bond acceptors (Lipinski definition) is 3. The van der Waals surface area contributed by atoms with Gasteiger partial charge in [-0.2, -0.15) is 13.2 Å². The van der Waals surface area contributed by atoms with E-state index in [1.165, 1.54) is 13.2 Å². The number of aliphatic carboxylic acids is 1. The zero-order valence-corrected chi connectivity index (χ0v) is 20.0. The second-order valence-electron chi connectivity index (χ2n) is 9.21. The quantitative estimate of drug-likeness (QED) is 0.369. The van der Waals surface area contributed by atoms with Gasteiger partial charge in [0.1, 0.15) is 11.6 Å². The molecule has 4 nitrogen and oxygen atoms in total. The van der Waals surface area contributed by atoms with Gasteiger partial charge in [0.2, 0.25) is 0 Å². The van der Waals surface area contributed by atoms with Gasteiger partial charge in [0, 0.05) is 23.8 Å². The summed E-state index contributed by atoms with van der Waals surface area (Å²) >= 11 is 0. The van der Waals surface area contributed by atoms with Gasteiger partial charge in [0.25, 0.3) is 0 Å². The van der Waals surface area contributed by atoms with Gasteiger partial charge >= 0.3 is 12.1 Å². The fourth-order valence-corrected chi connectivity index (χ4v) is 4.80. The Morgan fingerprint density at radius 3 is 2.42 bits per heavy atom. The molecule has 0 aromatic heterocycles. The molecule has 2 unspecified atom stereocenters. The molecule has 4 rings (SSSR count). The van der Waals surface area contributed by atoms with Crippen LogP contribution in [0.1, 0.15) is 29.5 Å². The molecule has 0 spiro atoms. The third-order valence-corrected chi connectivity index (χ3v) is 6.78. The average Bonchev–Trinajstić information content (AvgIpc) is 3.25. The maximum absolute atomic E-state index is 14.4. The van der Waals surface area contributed by atoms with Crippen molar-refractivity contribution in [2.24, 2.45) is 5.92 Å². The van der Waals surface area contributed by atoms with Crippen LogP contribution < -0.4 is 9.64 Å². The predicted molar refractivity (Wildman–Crippen MR) is 130 cm³/mol. The lowest BCUT2D eigenvalue weighted by Crippen LogP contribution is -2.32. The second kappa shape index (κ2) is 10.2. The van der Waals surface area contributed by atoms with E-state index in [0.717, 1.165) is 22.3 Å². The molecule has 0 bridgehead atoms. The van der Waals surface area contributed by atoms with E-state index < -0.39 is 24.1 Å². The number of methoxy groups -OCH3 is 1. The van der Waals surface area contributed by atoms with Crippen LogP contribution in [0.2, 0.25) is 0 Å². The minimum atomic E-state index is -4.36. The molecular weight excluding hydrogens is 474 g/mol. The molecule has 1 aliphatic rings. The normalized spacial score (nSPS) is 17.9. The van der Waals surface area contributed by atoms with Crippen LogP contribution in [0.3, 0.4) is 0 Å². The molecule has 190 valence electrons. The van der Waals surface area contributed by atoms with Crippen molar-refractivity contribution in [3.8, 4) is 16.9 Å². The van der Waals surface area contributed by atoms with Crippen LogP contribution in [0.4, 0.5) is 23.2 Å². The van der Waals surface area contributed by atoms with Gasteiger partial charge in [-0.3, -0.25) is 4.79 Å². The van der Waals surface area contributed by atoms with Crippen molar-refractivity contribution in [1.82, 2.24) is 0 Å². The Bertz CT molecular complexity index is 1240. The number of ether oxygens (including phenoxy) is 1. The maximum Gasteiger partial charge on any atom is 0.393 e. The number of rotatable bonds is 7. The molecule has 3 aromatic rings. The average molecular weight is 502 g/mol. The summed E-state index contributed by atoms with van der Waals surface area (Å²) in [5.41, 5.74) is 4.75. The van der Waals surface area contributed by atoms with Crippen molar-refractivity contribution in [3.05, 3.63) is 83.2 Å². The van der Waals surface area contributed by atoms with E-state index in [1.807, 2.05) is 37.3 Å². The van der Waals surface area contributed by atoms with Crippen LogP contribution in [0, 0.1) is 18.7 Å². The molecule has 8 heteroatoms. The van der Waals surface area contributed by atoms with E-state index in [4.69, 9.17) is 9.84 Å². The van der Waals surface area contributed by atoms with Crippen molar-refractivity contribution >= 4 is 11.7 Å². The Labute approximate surface area is 207 Å². The molecule has 1 heterocycles. The van der Waals surface area contributed by atoms with Gasteiger partial charge < -0.3 is 14.7 Å². The number of aryl methyl sites for hydroxylation is 1. The van der Waals surface area contributed by atoms with Gasteiger partial charge in [-0.05, 0) is 72.4 Å². The summed E-state index contributed by atoms with van der Waals surface area (Å²) in [6.45, 7) is 1.70. The summed E-state index contributed by atoms with van der Waals surface area (Å²) in [5.74, 6) is -2.43. The van der Waals surface area contributed by atoms with Crippen LogP contribution in [-0.4, -0.2) is 36.9 Å². The number of anilines is 1. The van der Waals surface area contributed by atoms with Crippen molar-refractivity contribution in [1.29, 1.82) is 0 Å². The molecule has 0 saturated carbocycles. The van der Waals surface area contributed by atoms with Crippen LogP contribution in [0.25, 0.3) is 11.1 Å². The Hall–Kier alpha value is -3.55. The predicted octanol–water partition coefficient (Wildman–Crippen LogP) is 6.63. The molecule has 0 amide bonds. The first-order chi connectivity index (χ1) is 17.0. The van der Waals surface area contributed by atoms with E-state index >= 15 is 0 Å². The highest BCUT2D eigenvalue weighted by Crippen LogP contribution is 2.40. The van der Waals surface area contributed by atoms with Crippen LogP contribution >= 0.6 is 0 Å². The first-order valence-electron chi connectivity index (χ1n) is 11.6. The van der Waals surface area contributed by atoms with E-state index in [2.05, 4.69) is 0 Å². The number of alkyl halides is 3. The highest BCUT2D eigenvalue weighted by atomic mass is 19.4. The third-order valence-electron chi connectivity index (χ3n) is 6.78. The zero-order valence-electron chi connectivity index (χ0n) is 20.0. The lowest BCUT2D eigenvalue weighted by atomic mass is 9.95. The Morgan fingerprint density at radius 2 is 1.81 bits per heavy atom. The summed E-state index contributed by atoms with van der Waals surface area (Å²) in [4.78, 5) is 12.8. The van der Waals surface area contributed by atoms with Crippen molar-refractivity contribution in [2.75, 3.05) is 18.6 Å². The Kier molecular flexibility index (Phi) is 7.24. The largest absolute Gasteiger partial charge is 0.497 e. The molecule has 1 N–H and O–H groups in total. The summed E-state index contributed by atoms with van der Waals surface area (Å²) in [6, 6.07) is 16.8. The van der Waals surface area contributed by atoms with E-state index in [1.54, 1.807) is 29.2 Å². The summed E-state index contributed by atoms with van der Waals surface area (Å²) in [6.07, 6.45) is -4.33. The van der Waals surface area contributed by atoms with Crippen LogP contribution in [0.5, 0.6) is 5.75 Å². The lowest BCUT2D eigenvalue weighted by Gasteiger charge is -2.26. The number of benzene rings is 3. The molecule has 0 radical (unpaired) electrons. The summed E-state index contributed by atoms with van der Waals surface area (Å²) < 4.78 is 59.5. The van der Waals surface area contributed by atoms with Gasteiger partial charge in [0.05, 0.1) is 19.4 Å². The molecule has 1 aliphatic heterocycles. The number of halogens is 4. The number of nitrogens with zero attached hydrogens (tertiary/aromatic N) is 1. The molecule has 1 saturated heterocycles. The van der Waals surface area contributed by atoms with Crippen molar-refractivity contribution in [3.63, 3.8) is 0 Å². The highest BCUT2D eigenvalue weighted by Gasteiger charge is 2.47. The zero-order chi connectivity index (χ0) is 26.0. The maximum atomic E-state index is 14.4. The van der Waals surface area contributed by atoms with Crippen molar-refractivity contribution in [2.45, 2.75) is 38.4 Å². The van der Waals surface area contributed by atoms with E-state index in [9.17, 15) is 22.4 Å². The van der Waals surface area contributed by atoms with E-state index in [-0.39, 0.29) is 25.2 Å². The molecule has 2 atom stereocenters. The Morgan fingerprint density at radius 1 is 1.08 bits per heavy atom. The number of carboxylic acids is 1. The molecule has 1 fully saturated rings. The van der Waals surface area contributed by atoms with E-state index in [0.29, 0.717) is 23.4 Å².